The molecule has 1 unspecified atom stereocenters. The van der Waals surface area contributed by atoms with Crippen LogP contribution in [0, 0.1) is 0 Å². The zero-order chi connectivity index (χ0) is 39.9. The molecule has 5 aromatic rings. The second-order valence-electron chi connectivity index (χ2n) is 14.3. The van der Waals surface area contributed by atoms with Crippen molar-refractivity contribution in [2.75, 3.05) is 62.0 Å². The van der Waals surface area contributed by atoms with Gasteiger partial charge in [-0.1, -0.05) is 40.5 Å². The number of ether oxygens (including phenoxy) is 2. The Balaban J connectivity index is 0.762. The van der Waals surface area contributed by atoms with E-state index in [4.69, 9.17) is 38.4 Å². The molecular formula is C38H44Cl2N12O5. The number of nitrogens with two attached hydrogens (primary N) is 1. The van der Waals surface area contributed by atoms with Crippen molar-refractivity contribution < 1.29 is 19.1 Å². The number of rotatable bonds is 16. The highest BCUT2D eigenvalue weighted by atomic mass is 35.5. The van der Waals surface area contributed by atoms with Gasteiger partial charge in [-0.05, 0) is 50.5 Å². The van der Waals surface area contributed by atoms with Crippen LogP contribution in [0.25, 0.3) is 22.0 Å². The first-order valence-corrected chi connectivity index (χ1v) is 19.5. The van der Waals surface area contributed by atoms with Gasteiger partial charge in [0, 0.05) is 61.0 Å². The van der Waals surface area contributed by atoms with Gasteiger partial charge in [-0.3, -0.25) is 19.7 Å². The van der Waals surface area contributed by atoms with Gasteiger partial charge in [0.2, 0.25) is 5.91 Å². The Morgan fingerprint density at radius 1 is 1.04 bits per heavy atom. The van der Waals surface area contributed by atoms with Gasteiger partial charge in [0.25, 0.3) is 11.5 Å². The van der Waals surface area contributed by atoms with E-state index in [-0.39, 0.29) is 29.8 Å². The van der Waals surface area contributed by atoms with Crippen molar-refractivity contribution in [1.82, 2.24) is 45.4 Å². The Morgan fingerprint density at radius 3 is 2.63 bits per heavy atom. The number of halogens is 2. The van der Waals surface area contributed by atoms with E-state index in [1.807, 2.05) is 18.3 Å². The first-order chi connectivity index (χ1) is 27.6. The largest absolute Gasteiger partial charge is 0.383 e. The number of nitrogen functional groups attached to an aromatic ring is 1. The molecule has 5 heterocycles. The van der Waals surface area contributed by atoms with E-state index in [0.29, 0.717) is 84.0 Å². The van der Waals surface area contributed by atoms with Gasteiger partial charge >= 0.3 is 0 Å². The van der Waals surface area contributed by atoms with Crippen molar-refractivity contribution in [2.24, 2.45) is 0 Å². The smallest absolute Gasteiger partial charge is 0.275 e. The number of imide groups is 1. The SMILES string of the molecule is CC1(NCc2cn(CCOCCOCCNc3ccc4c(=O)n(C5CCC(=O)NC5=O)ncc4c3)nn2)CCN(c2cnc(-c3cccc(Cl)c3Cl)c(N)n2)CC1. The molecule has 2 saturated heterocycles. The summed E-state index contributed by atoms with van der Waals surface area (Å²) >= 11 is 12.6. The normalized spacial score (nSPS) is 16.9. The molecule has 1 atom stereocenters. The van der Waals surface area contributed by atoms with Gasteiger partial charge in [-0.2, -0.15) is 5.10 Å². The van der Waals surface area contributed by atoms with E-state index in [1.165, 1.54) is 0 Å². The highest BCUT2D eigenvalue weighted by molar-refractivity contribution is 6.43. The van der Waals surface area contributed by atoms with Crippen LogP contribution in [0.15, 0.2) is 59.8 Å². The Kier molecular flexibility index (Phi) is 12.6. The van der Waals surface area contributed by atoms with Gasteiger partial charge in [0.15, 0.2) is 5.82 Å². The quantitative estimate of drug-likeness (QED) is 0.0829. The van der Waals surface area contributed by atoms with E-state index in [0.717, 1.165) is 47.8 Å². The number of hydrogen-bond donors (Lipinski definition) is 4. The van der Waals surface area contributed by atoms with Crippen LogP contribution in [0.3, 0.4) is 0 Å². The maximum absolute atomic E-state index is 13.0. The van der Waals surface area contributed by atoms with Crippen LogP contribution in [0.4, 0.5) is 17.3 Å². The molecule has 17 nitrogen and oxygen atoms in total. The van der Waals surface area contributed by atoms with Crippen molar-refractivity contribution in [3.05, 3.63) is 81.1 Å². The van der Waals surface area contributed by atoms with E-state index < -0.39 is 11.9 Å². The fourth-order valence-electron chi connectivity index (χ4n) is 6.84. The van der Waals surface area contributed by atoms with E-state index >= 15 is 0 Å². The Morgan fingerprint density at radius 2 is 1.84 bits per heavy atom. The number of hydrogen-bond acceptors (Lipinski definition) is 14. The molecule has 3 aromatic heterocycles. The summed E-state index contributed by atoms with van der Waals surface area (Å²) in [7, 11) is 0. The molecule has 2 aliphatic rings. The predicted molar refractivity (Wildman–Crippen MR) is 216 cm³/mol. The summed E-state index contributed by atoms with van der Waals surface area (Å²) in [5.41, 5.74) is 8.68. The van der Waals surface area contributed by atoms with Gasteiger partial charge in [0.1, 0.15) is 17.6 Å². The Labute approximate surface area is 338 Å². The number of carbonyl (C=O) groups excluding carboxylic acids is 2. The molecule has 57 heavy (non-hydrogen) atoms. The average Bonchev–Trinajstić information content (AvgIpc) is 3.66. The lowest BCUT2D eigenvalue weighted by atomic mass is 9.89. The number of fused-ring (bicyclic) bond motifs is 1. The van der Waals surface area contributed by atoms with Crippen molar-refractivity contribution in [3.63, 3.8) is 0 Å². The summed E-state index contributed by atoms with van der Waals surface area (Å²) in [6.07, 6.45) is 7.43. The molecule has 0 aliphatic carbocycles. The number of amides is 2. The van der Waals surface area contributed by atoms with Gasteiger partial charge < -0.3 is 30.7 Å². The lowest BCUT2D eigenvalue weighted by molar-refractivity contribution is -0.136. The Bertz CT molecular complexity index is 2290. The molecule has 2 fully saturated rings. The standard InChI is InChI=1S/C38H44Cl2N12O5/c1-38(9-12-50(13-10-38)31-22-43-34(35(41)46-31)28-3-2-4-29(39)33(28)40)44-21-26-23-51(49-48-26)14-16-57-18-17-56-15-11-42-25-5-6-27-24(19-25)20-45-52(37(27)55)30-7-8-32(53)47-36(30)54/h2-6,19-20,22-23,30,42,44H,7-18,21H2,1H3,(H2,41,46)(H,47,53,54). The third-order valence-electron chi connectivity index (χ3n) is 10.2. The zero-order valence-electron chi connectivity index (χ0n) is 31.4. The second-order valence-corrected chi connectivity index (χ2v) is 15.0. The van der Waals surface area contributed by atoms with Gasteiger partial charge in [-0.25, -0.2) is 19.3 Å². The molecule has 2 aliphatic heterocycles. The monoisotopic (exact) mass is 818 g/mol. The summed E-state index contributed by atoms with van der Waals surface area (Å²) < 4.78 is 14.4. The Hall–Kier alpha value is -5.20. The molecule has 0 radical (unpaired) electrons. The van der Waals surface area contributed by atoms with Crippen molar-refractivity contribution in [2.45, 2.75) is 57.3 Å². The highest BCUT2D eigenvalue weighted by Gasteiger charge is 2.31. The van der Waals surface area contributed by atoms with Crippen molar-refractivity contribution in [3.8, 4) is 11.3 Å². The van der Waals surface area contributed by atoms with E-state index in [1.54, 1.807) is 41.3 Å². The average molecular weight is 820 g/mol. The lowest BCUT2D eigenvalue weighted by Crippen LogP contribution is -2.51. The zero-order valence-corrected chi connectivity index (χ0v) is 32.9. The number of piperidine rings is 2. The predicted octanol–water partition coefficient (Wildman–Crippen LogP) is 3.61. The van der Waals surface area contributed by atoms with E-state index in [2.05, 4.69) is 53.2 Å². The third kappa shape index (κ3) is 9.68. The number of nitrogens with one attached hydrogen (secondary N) is 3. The van der Waals surface area contributed by atoms with Crippen LogP contribution in [-0.4, -0.2) is 98.2 Å². The fraction of sp³-hybridized carbons (Fsp3) is 0.421. The van der Waals surface area contributed by atoms with Crippen LogP contribution < -0.4 is 32.1 Å². The number of anilines is 3. The molecule has 2 amide bonds. The number of carbonyl (C=O) groups is 2. The van der Waals surface area contributed by atoms with Crippen molar-refractivity contribution >= 4 is 63.1 Å². The van der Waals surface area contributed by atoms with E-state index in [9.17, 15) is 14.4 Å². The van der Waals surface area contributed by atoms with Crippen molar-refractivity contribution in [1.29, 1.82) is 0 Å². The minimum Gasteiger partial charge on any atom is -0.383 e. The number of aromatic nitrogens is 7. The minimum absolute atomic E-state index is 0.0780. The lowest BCUT2D eigenvalue weighted by Gasteiger charge is -2.40. The molecule has 0 spiro atoms. The molecule has 7 rings (SSSR count). The summed E-state index contributed by atoms with van der Waals surface area (Å²) in [5, 5.41) is 23.9. The maximum Gasteiger partial charge on any atom is 0.275 e. The molecule has 300 valence electrons. The first-order valence-electron chi connectivity index (χ1n) is 18.8. The highest BCUT2D eigenvalue weighted by Crippen LogP contribution is 2.35. The van der Waals surface area contributed by atoms with Crippen LogP contribution in [0.2, 0.25) is 10.0 Å². The molecule has 2 aromatic carbocycles. The second kappa shape index (κ2) is 17.9. The summed E-state index contributed by atoms with van der Waals surface area (Å²) in [4.78, 5) is 48.1. The van der Waals surface area contributed by atoms with Gasteiger partial charge in [-0.15, -0.1) is 5.10 Å². The molecule has 5 N–H and O–H groups in total. The van der Waals surface area contributed by atoms with Crippen LogP contribution in [-0.2, 0) is 32.2 Å². The minimum atomic E-state index is -0.800. The molecule has 0 bridgehead atoms. The molecule has 0 saturated carbocycles. The maximum atomic E-state index is 13.0. The first kappa shape index (κ1) is 40.0. The fourth-order valence-corrected chi connectivity index (χ4v) is 7.23. The van der Waals surface area contributed by atoms with Crippen LogP contribution in [0.1, 0.15) is 44.3 Å². The summed E-state index contributed by atoms with van der Waals surface area (Å²) in [6, 6.07) is 9.88. The van der Waals surface area contributed by atoms with Crippen LogP contribution in [0.5, 0.6) is 0 Å². The topological polar surface area (TPSA) is 209 Å². The molecule has 19 heteroatoms. The summed E-state index contributed by atoms with van der Waals surface area (Å²) in [6.45, 7) is 7.35. The summed E-state index contributed by atoms with van der Waals surface area (Å²) in [5.74, 6) is 0.180. The molecular weight excluding hydrogens is 775 g/mol. The van der Waals surface area contributed by atoms with Gasteiger partial charge in [0.05, 0.1) is 66.5 Å². The number of nitrogens with zero attached hydrogens (tertiary/aromatic N) is 8. The third-order valence-corrected chi connectivity index (χ3v) is 11.0. The number of benzene rings is 2. The van der Waals surface area contributed by atoms with Crippen LogP contribution >= 0.6 is 23.2 Å².